The molecule has 0 aliphatic carbocycles. The van der Waals surface area contributed by atoms with E-state index in [4.69, 9.17) is 21.0 Å². The number of nitrogens with one attached hydrogen (secondary N) is 1. The summed E-state index contributed by atoms with van der Waals surface area (Å²) in [6.07, 6.45) is 2.41. The van der Waals surface area contributed by atoms with Gasteiger partial charge in [0, 0.05) is 5.02 Å². The maximum Gasteiger partial charge on any atom is 0.266 e. The van der Waals surface area contributed by atoms with E-state index in [0.717, 1.165) is 17.9 Å². The number of benzene rings is 2. The van der Waals surface area contributed by atoms with E-state index in [-0.39, 0.29) is 11.6 Å². The second kappa shape index (κ2) is 8.00. The molecule has 5 nitrogen and oxygen atoms in total. The van der Waals surface area contributed by atoms with Gasteiger partial charge in [-0.15, -0.1) is 0 Å². The number of fused-ring (bicyclic) bond motifs is 1. The minimum Gasteiger partial charge on any atom is -0.468 e. The zero-order valence-electron chi connectivity index (χ0n) is 15.4. The van der Waals surface area contributed by atoms with Crippen LogP contribution >= 0.6 is 11.6 Å². The molecular formula is C22H20ClN3O2. The minimum absolute atomic E-state index is 0.0961. The largest absolute Gasteiger partial charge is 0.468 e. The lowest BCUT2D eigenvalue weighted by molar-refractivity contribution is 0.428. The van der Waals surface area contributed by atoms with E-state index in [2.05, 4.69) is 12.2 Å². The molecule has 0 aliphatic heterocycles. The van der Waals surface area contributed by atoms with Crippen molar-refractivity contribution in [2.24, 2.45) is 0 Å². The van der Waals surface area contributed by atoms with Crippen LogP contribution in [0.15, 0.2) is 76.1 Å². The summed E-state index contributed by atoms with van der Waals surface area (Å²) in [5.41, 5.74) is 1.33. The first kappa shape index (κ1) is 18.5. The van der Waals surface area contributed by atoms with Gasteiger partial charge in [0.25, 0.3) is 5.56 Å². The smallest absolute Gasteiger partial charge is 0.266 e. The zero-order valence-corrected chi connectivity index (χ0v) is 16.2. The van der Waals surface area contributed by atoms with Crippen LogP contribution in [0.5, 0.6) is 0 Å². The molecular weight excluding hydrogens is 374 g/mol. The minimum atomic E-state index is -0.127. The molecule has 0 radical (unpaired) electrons. The predicted molar refractivity (Wildman–Crippen MR) is 111 cm³/mol. The van der Waals surface area contributed by atoms with E-state index < -0.39 is 0 Å². The van der Waals surface area contributed by atoms with E-state index in [9.17, 15) is 4.79 Å². The topological polar surface area (TPSA) is 60.1 Å². The number of halogens is 1. The van der Waals surface area contributed by atoms with Crippen molar-refractivity contribution in [3.63, 3.8) is 0 Å². The molecule has 2 aromatic carbocycles. The van der Waals surface area contributed by atoms with E-state index in [1.165, 1.54) is 0 Å². The monoisotopic (exact) mass is 393 g/mol. The maximum absolute atomic E-state index is 13.3. The van der Waals surface area contributed by atoms with Crippen LogP contribution in [0.1, 0.15) is 31.0 Å². The fourth-order valence-corrected chi connectivity index (χ4v) is 3.40. The number of furan rings is 1. The predicted octanol–water partition coefficient (Wildman–Crippen LogP) is 4.87. The Hall–Kier alpha value is -2.89. The number of hydrogen-bond donors (Lipinski definition) is 1. The lowest BCUT2D eigenvalue weighted by Gasteiger charge is -2.21. The van der Waals surface area contributed by atoms with Gasteiger partial charge in [-0.1, -0.05) is 30.7 Å². The highest BCUT2D eigenvalue weighted by Gasteiger charge is 2.20. The van der Waals surface area contributed by atoms with Crippen LogP contribution in [-0.4, -0.2) is 9.55 Å². The van der Waals surface area contributed by atoms with Crippen molar-refractivity contribution in [1.29, 1.82) is 0 Å². The van der Waals surface area contributed by atoms with E-state index in [1.54, 1.807) is 29.0 Å². The normalized spacial score (nSPS) is 12.4. The molecule has 0 amide bonds. The van der Waals surface area contributed by atoms with Gasteiger partial charge in [-0.3, -0.25) is 9.36 Å². The molecule has 0 fully saturated rings. The van der Waals surface area contributed by atoms with Crippen LogP contribution in [0.3, 0.4) is 0 Å². The van der Waals surface area contributed by atoms with Crippen LogP contribution in [0.25, 0.3) is 16.6 Å². The lowest BCUT2D eigenvalue weighted by atomic mass is 10.1. The van der Waals surface area contributed by atoms with Crippen molar-refractivity contribution >= 4 is 22.5 Å². The average Bonchev–Trinajstić information content (AvgIpc) is 3.23. The number of rotatable bonds is 6. The highest BCUT2D eigenvalue weighted by Crippen LogP contribution is 2.22. The van der Waals surface area contributed by atoms with Crippen molar-refractivity contribution in [3.8, 4) is 5.69 Å². The Labute approximate surface area is 167 Å². The summed E-state index contributed by atoms with van der Waals surface area (Å²) in [7, 11) is 0. The van der Waals surface area contributed by atoms with Gasteiger partial charge in [0.1, 0.15) is 11.6 Å². The van der Waals surface area contributed by atoms with Gasteiger partial charge in [-0.25, -0.2) is 4.98 Å². The third-order valence-corrected chi connectivity index (χ3v) is 4.96. The second-order valence-electron chi connectivity index (χ2n) is 6.53. The Morgan fingerprint density at radius 2 is 1.89 bits per heavy atom. The zero-order chi connectivity index (χ0) is 19.5. The maximum atomic E-state index is 13.3. The summed E-state index contributed by atoms with van der Waals surface area (Å²) in [5, 5.41) is 4.67. The second-order valence-corrected chi connectivity index (χ2v) is 6.96. The van der Waals surface area contributed by atoms with Crippen LogP contribution in [0.4, 0.5) is 0 Å². The van der Waals surface area contributed by atoms with E-state index in [1.807, 2.05) is 42.5 Å². The average molecular weight is 394 g/mol. The Kier molecular flexibility index (Phi) is 5.28. The molecule has 0 bridgehead atoms. The summed E-state index contributed by atoms with van der Waals surface area (Å²) in [6, 6.07) is 18.3. The molecule has 0 spiro atoms. The number of nitrogens with zero attached hydrogens (tertiary/aromatic N) is 2. The third kappa shape index (κ3) is 3.59. The summed E-state index contributed by atoms with van der Waals surface area (Å²) < 4.78 is 7.09. The Morgan fingerprint density at radius 1 is 1.11 bits per heavy atom. The molecule has 2 heterocycles. The van der Waals surface area contributed by atoms with Crippen molar-refractivity contribution in [1.82, 2.24) is 14.9 Å². The van der Waals surface area contributed by atoms with E-state index >= 15 is 0 Å². The van der Waals surface area contributed by atoms with Gasteiger partial charge in [0.15, 0.2) is 0 Å². The van der Waals surface area contributed by atoms with Crippen molar-refractivity contribution in [2.75, 3.05) is 0 Å². The Balaban J connectivity index is 1.85. The standard InChI is InChI=1S/C22H20ClN3O2/c1-2-19(24-14-17-6-5-13-28-17)21-25-20-8-4-3-7-18(20)22(27)26(21)16-11-9-15(23)10-12-16/h3-13,19,24H,2,14H2,1H3/t19-/m0/s1. The number of aromatic nitrogens is 2. The first-order valence-electron chi connectivity index (χ1n) is 9.20. The highest BCUT2D eigenvalue weighted by atomic mass is 35.5. The molecule has 6 heteroatoms. The fourth-order valence-electron chi connectivity index (χ4n) is 3.28. The Bertz CT molecular complexity index is 1130. The summed E-state index contributed by atoms with van der Waals surface area (Å²) in [5.74, 6) is 1.50. The fraction of sp³-hybridized carbons (Fsp3) is 0.182. The van der Waals surface area contributed by atoms with Gasteiger partial charge in [-0.2, -0.15) is 0 Å². The molecule has 4 rings (SSSR count). The molecule has 28 heavy (non-hydrogen) atoms. The van der Waals surface area contributed by atoms with Gasteiger partial charge in [-0.05, 0) is 55.0 Å². The van der Waals surface area contributed by atoms with Gasteiger partial charge >= 0.3 is 0 Å². The van der Waals surface area contributed by atoms with E-state index in [0.29, 0.717) is 28.3 Å². The molecule has 0 saturated carbocycles. The lowest BCUT2D eigenvalue weighted by Crippen LogP contribution is -2.31. The van der Waals surface area contributed by atoms with Crippen molar-refractivity contribution in [2.45, 2.75) is 25.9 Å². The summed E-state index contributed by atoms with van der Waals surface area (Å²) in [4.78, 5) is 18.2. The van der Waals surface area contributed by atoms with Gasteiger partial charge in [0.2, 0.25) is 0 Å². The molecule has 2 aromatic heterocycles. The summed E-state index contributed by atoms with van der Waals surface area (Å²) >= 11 is 6.04. The SMILES string of the molecule is CC[C@H](NCc1ccco1)c1nc2ccccc2c(=O)n1-c1ccc(Cl)cc1. The van der Waals surface area contributed by atoms with Gasteiger partial charge in [0.05, 0.1) is 35.4 Å². The molecule has 0 saturated heterocycles. The molecule has 4 aromatic rings. The Morgan fingerprint density at radius 3 is 2.61 bits per heavy atom. The van der Waals surface area contributed by atoms with Gasteiger partial charge < -0.3 is 9.73 Å². The quantitative estimate of drug-likeness (QED) is 0.507. The summed E-state index contributed by atoms with van der Waals surface area (Å²) in [6.45, 7) is 2.61. The van der Waals surface area contributed by atoms with Crippen LogP contribution in [0.2, 0.25) is 5.02 Å². The first-order chi connectivity index (χ1) is 13.7. The van der Waals surface area contributed by atoms with Crippen LogP contribution < -0.4 is 10.9 Å². The molecule has 0 unspecified atom stereocenters. The molecule has 0 aliphatic rings. The van der Waals surface area contributed by atoms with Crippen molar-refractivity contribution < 1.29 is 4.42 Å². The molecule has 1 atom stereocenters. The molecule has 1 N–H and O–H groups in total. The van der Waals surface area contributed by atoms with Crippen LogP contribution in [0, 0.1) is 0 Å². The number of hydrogen-bond acceptors (Lipinski definition) is 4. The molecule has 142 valence electrons. The van der Waals surface area contributed by atoms with Crippen LogP contribution in [-0.2, 0) is 6.54 Å². The van der Waals surface area contributed by atoms with Crippen molar-refractivity contribution in [3.05, 3.63) is 93.9 Å². The number of para-hydroxylation sites is 1. The first-order valence-corrected chi connectivity index (χ1v) is 9.58. The highest BCUT2D eigenvalue weighted by molar-refractivity contribution is 6.30. The third-order valence-electron chi connectivity index (χ3n) is 4.71.